The minimum Gasteiger partial charge on any atom is -0.487 e. The van der Waals surface area contributed by atoms with Crippen LogP contribution in [-0.2, 0) is 16.0 Å². The maximum atomic E-state index is 6.51. The third kappa shape index (κ3) is 8.23. The number of benzene rings is 1. The van der Waals surface area contributed by atoms with E-state index in [1.807, 2.05) is 31.2 Å². The summed E-state index contributed by atoms with van der Waals surface area (Å²) in [5.41, 5.74) is 2.32. The molecule has 1 aliphatic carbocycles. The molecule has 1 N–H and O–H groups in total. The van der Waals surface area contributed by atoms with Gasteiger partial charge in [0.2, 0.25) is 5.95 Å². The summed E-state index contributed by atoms with van der Waals surface area (Å²) in [7, 11) is 0. The number of aromatic nitrogens is 8. The van der Waals surface area contributed by atoms with Crippen molar-refractivity contribution in [2.24, 2.45) is 5.92 Å². The number of morpholine rings is 1. The Morgan fingerprint density at radius 1 is 1.00 bits per heavy atom. The van der Waals surface area contributed by atoms with Gasteiger partial charge in [-0.3, -0.25) is 9.58 Å². The molecule has 0 amide bonds. The zero-order chi connectivity index (χ0) is 32.7. The third-order valence-corrected chi connectivity index (χ3v) is 9.70. The minimum atomic E-state index is -0.214. The molecule has 15 heteroatoms. The van der Waals surface area contributed by atoms with Crippen LogP contribution in [0.2, 0.25) is 5.02 Å². The molecule has 256 valence electrons. The number of tetrazole rings is 1. The fraction of sp³-hybridized carbons (Fsp3) is 0.576. The maximum Gasteiger partial charge on any atom is 0.256 e. The lowest BCUT2D eigenvalue weighted by Gasteiger charge is -2.38. The van der Waals surface area contributed by atoms with Gasteiger partial charge in [-0.2, -0.15) is 0 Å². The van der Waals surface area contributed by atoms with Crippen molar-refractivity contribution in [3.8, 4) is 22.9 Å². The highest BCUT2D eigenvalue weighted by Crippen LogP contribution is 2.36. The molecule has 1 saturated carbocycles. The summed E-state index contributed by atoms with van der Waals surface area (Å²) in [6.45, 7) is 8.29. The van der Waals surface area contributed by atoms with Crippen LogP contribution in [0.1, 0.15) is 51.5 Å². The molecule has 3 aromatic heterocycles. The van der Waals surface area contributed by atoms with E-state index in [2.05, 4.69) is 41.6 Å². The highest BCUT2D eigenvalue weighted by molar-refractivity contribution is 6.32. The molecule has 2 aliphatic heterocycles. The van der Waals surface area contributed by atoms with E-state index in [0.29, 0.717) is 53.8 Å². The summed E-state index contributed by atoms with van der Waals surface area (Å²) in [6, 6.07) is 8.41. The smallest absolute Gasteiger partial charge is 0.256 e. The summed E-state index contributed by atoms with van der Waals surface area (Å²) in [4.78, 5) is 12.0. The quantitative estimate of drug-likeness (QED) is 0.220. The first-order valence-corrected chi connectivity index (χ1v) is 17.3. The highest BCUT2D eigenvalue weighted by atomic mass is 35.5. The minimum absolute atomic E-state index is 0.214. The topological polar surface area (TPSA) is 139 Å². The number of ether oxygens (including phenoxy) is 4. The summed E-state index contributed by atoms with van der Waals surface area (Å²) in [5, 5.41) is 20.2. The molecule has 7 rings (SSSR count). The first-order valence-electron chi connectivity index (χ1n) is 17.0. The number of rotatable bonds is 12. The molecule has 5 heterocycles. The van der Waals surface area contributed by atoms with Crippen LogP contribution in [0, 0.1) is 5.92 Å². The van der Waals surface area contributed by atoms with Crippen LogP contribution in [0.3, 0.4) is 0 Å². The Morgan fingerprint density at radius 3 is 2.58 bits per heavy atom. The van der Waals surface area contributed by atoms with E-state index in [-0.39, 0.29) is 6.10 Å². The van der Waals surface area contributed by atoms with Crippen molar-refractivity contribution in [3.63, 3.8) is 0 Å². The number of hydrogen-bond donors (Lipinski definition) is 1. The predicted molar refractivity (Wildman–Crippen MR) is 179 cm³/mol. The lowest BCUT2D eigenvalue weighted by atomic mass is 9.90. The van der Waals surface area contributed by atoms with E-state index in [1.165, 1.54) is 0 Å². The molecule has 14 nitrogen and oxygen atoms in total. The van der Waals surface area contributed by atoms with Gasteiger partial charge in [-0.05, 0) is 80.0 Å². The molecule has 3 fully saturated rings. The lowest BCUT2D eigenvalue weighted by molar-refractivity contribution is 0.00501. The lowest BCUT2D eigenvalue weighted by Crippen LogP contribution is -2.45. The van der Waals surface area contributed by atoms with E-state index >= 15 is 0 Å². The molecule has 1 atom stereocenters. The van der Waals surface area contributed by atoms with E-state index in [0.717, 1.165) is 95.0 Å². The van der Waals surface area contributed by atoms with Crippen LogP contribution in [0.4, 0.5) is 11.6 Å². The summed E-state index contributed by atoms with van der Waals surface area (Å²) < 4.78 is 27.4. The van der Waals surface area contributed by atoms with Crippen molar-refractivity contribution in [1.82, 2.24) is 44.9 Å². The molecular formula is C33H43ClN10O4. The van der Waals surface area contributed by atoms with Crippen molar-refractivity contribution < 1.29 is 18.9 Å². The molecule has 0 radical (unpaired) electrons. The Labute approximate surface area is 285 Å². The number of hydrogen-bond acceptors (Lipinski definition) is 12. The molecule has 4 aromatic rings. The SMILES string of the molecule is C[C@@H](Cn1cnnn1)Oc1cc(-c2ccnc(Nc3cn(C4CCC(N5CCOCC5)CC4)nc3OCC3CCOCC3)n2)ccc1Cl. The van der Waals surface area contributed by atoms with E-state index in [9.17, 15) is 0 Å². The predicted octanol–water partition coefficient (Wildman–Crippen LogP) is 4.81. The number of nitrogens with one attached hydrogen (secondary N) is 1. The van der Waals surface area contributed by atoms with Crippen LogP contribution in [0.25, 0.3) is 11.3 Å². The normalized spacial score (nSPS) is 21.5. The van der Waals surface area contributed by atoms with Crippen molar-refractivity contribution in [1.29, 1.82) is 0 Å². The Hall–Kier alpha value is -3.85. The Morgan fingerprint density at radius 2 is 1.79 bits per heavy atom. The van der Waals surface area contributed by atoms with Gasteiger partial charge in [0.1, 0.15) is 23.9 Å². The molecule has 3 aliphatic rings. The zero-order valence-electron chi connectivity index (χ0n) is 27.3. The van der Waals surface area contributed by atoms with Crippen molar-refractivity contribution in [3.05, 3.63) is 48.0 Å². The van der Waals surface area contributed by atoms with E-state index in [1.54, 1.807) is 17.2 Å². The van der Waals surface area contributed by atoms with E-state index in [4.69, 9.17) is 40.6 Å². The molecular weight excluding hydrogens is 636 g/mol. The van der Waals surface area contributed by atoms with Gasteiger partial charge in [0, 0.05) is 44.1 Å². The largest absolute Gasteiger partial charge is 0.487 e. The Balaban J connectivity index is 1.06. The Kier molecular flexibility index (Phi) is 10.6. The van der Waals surface area contributed by atoms with Gasteiger partial charge < -0.3 is 24.3 Å². The van der Waals surface area contributed by atoms with Gasteiger partial charge >= 0.3 is 0 Å². The molecule has 0 unspecified atom stereocenters. The summed E-state index contributed by atoms with van der Waals surface area (Å²) >= 11 is 6.51. The van der Waals surface area contributed by atoms with Crippen molar-refractivity contribution in [2.45, 2.75) is 70.2 Å². The number of nitrogens with zero attached hydrogens (tertiary/aromatic N) is 9. The van der Waals surface area contributed by atoms with Gasteiger partial charge in [0.15, 0.2) is 0 Å². The number of anilines is 2. The van der Waals surface area contributed by atoms with Crippen molar-refractivity contribution >= 4 is 23.2 Å². The summed E-state index contributed by atoms with van der Waals surface area (Å²) in [5.74, 6) is 2.02. The Bertz CT molecular complexity index is 1600. The first-order chi connectivity index (χ1) is 23.6. The van der Waals surface area contributed by atoms with Crippen LogP contribution >= 0.6 is 11.6 Å². The van der Waals surface area contributed by atoms with Gasteiger partial charge in [-0.15, -0.1) is 10.2 Å². The highest BCUT2D eigenvalue weighted by Gasteiger charge is 2.29. The van der Waals surface area contributed by atoms with Crippen LogP contribution in [0.15, 0.2) is 43.0 Å². The molecule has 1 aromatic carbocycles. The molecule has 2 saturated heterocycles. The maximum absolute atomic E-state index is 6.51. The molecule has 0 bridgehead atoms. The summed E-state index contributed by atoms with van der Waals surface area (Å²) in [6.07, 6.45) is 11.6. The van der Waals surface area contributed by atoms with Gasteiger partial charge in [0.25, 0.3) is 5.88 Å². The fourth-order valence-corrected chi connectivity index (χ4v) is 6.89. The van der Waals surface area contributed by atoms with Crippen LogP contribution in [0.5, 0.6) is 11.6 Å². The van der Waals surface area contributed by atoms with E-state index < -0.39 is 0 Å². The molecule has 48 heavy (non-hydrogen) atoms. The van der Waals surface area contributed by atoms with Gasteiger partial charge in [-0.1, -0.05) is 17.7 Å². The second kappa shape index (κ2) is 15.6. The second-order valence-electron chi connectivity index (χ2n) is 12.8. The number of halogens is 1. The van der Waals surface area contributed by atoms with Crippen LogP contribution < -0.4 is 14.8 Å². The van der Waals surface area contributed by atoms with Gasteiger partial charge in [0.05, 0.1) is 49.3 Å². The average molecular weight is 679 g/mol. The average Bonchev–Trinajstić information content (AvgIpc) is 3.79. The first kappa shape index (κ1) is 32.7. The van der Waals surface area contributed by atoms with Crippen molar-refractivity contribution in [2.75, 3.05) is 51.4 Å². The standard InChI is InChI=1S/C33H43ClN10O4/c1-23(19-43-22-36-40-41-43)48-31-18-25(2-7-28(31)34)29-8-11-35-33(37-29)38-30-20-44(39-32(30)47-21-24-9-14-45-15-10-24)27-5-3-26(4-6-27)42-12-16-46-17-13-42/h2,7-8,11,18,20,22-24,26-27H,3-6,9-10,12-17,19,21H2,1H3,(H,35,37,38)/t23-,26?,27?/m0/s1. The van der Waals surface area contributed by atoms with Crippen LogP contribution in [-0.4, -0.2) is 103 Å². The van der Waals surface area contributed by atoms with Gasteiger partial charge in [-0.25, -0.2) is 14.6 Å². The monoisotopic (exact) mass is 678 g/mol. The molecule has 0 spiro atoms. The zero-order valence-corrected chi connectivity index (χ0v) is 28.0. The second-order valence-corrected chi connectivity index (χ2v) is 13.2. The third-order valence-electron chi connectivity index (χ3n) is 9.39. The fourth-order valence-electron chi connectivity index (χ4n) is 6.73.